The Morgan fingerprint density at radius 2 is 1.87 bits per heavy atom. The van der Waals surface area contributed by atoms with E-state index in [2.05, 4.69) is 24.4 Å². The Hall–Kier alpha value is -1.78. The SMILES string of the molecule is CCc1ccc(NC(=S)N(C)CCOc2ccccc2Cl)cc1. The minimum atomic E-state index is 0.511. The third kappa shape index (κ3) is 5.41. The van der Waals surface area contributed by atoms with Crippen molar-refractivity contribution >= 4 is 34.6 Å². The van der Waals surface area contributed by atoms with Crippen molar-refractivity contribution in [2.24, 2.45) is 0 Å². The quantitative estimate of drug-likeness (QED) is 0.770. The Morgan fingerprint density at radius 1 is 1.17 bits per heavy atom. The Kier molecular flexibility index (Phi) is 6.68. The smallest absolute Gasteiger partial charge is 0.173 e. The predicted molar refractivity (Wildman–Crippen MR) is 102 cm³/mol. The summed E-state index contributed by atoms with van der Waals surface area (Å²) in [7, 11) is 1.94. The second-order valence-electron chi connectivity index (χ2n) is 5.18. The number of anilines is 1. The standard InChI is InChI=1S/C18H21ClN2OS/c1-3-14-8-10-15(11-9-14)20-18(23)21(2)12-13-22-17-7-5-4-6-16(17)19/h4-11H,3,12-13H2,1-2H3,(H,20,23). The molecule has 0 aliphatic carbocycles. The van der Waals surface area contributed by atoms with Gasteiger partial charge in [0, 0.05) is 12.7 Å². The van der Waals surface area contributed by atoms with Crippen LogP contribution in [0.15, 0.2) is 48.5 Å². The van der Waals surface area contributed by atoms with Crippen LogP contribution in [0.1, 0.15) is 12.5 Å². The molecule has 5 heteroatoms. The van der Waals surface area contributed by atoms with Crippen LogP contribution in [0.25, 0.3) is 0 Å². The van der Waals surface area contributed by atoms with Gasteiger partial charge in [-0.3, -0.25) is 0 Å². The number of thiocarbonyl (C=S) groups is 1. The lowest BCUT2D eigenvalue weighted by atomic mass is 10.1. The number of ether oxygens (including phenoxy) is 1. The van der Waals surface area contributed by atoms with E-state index in [1.165, 1.54) is 5.56 Å². The number of hydrogen-bond acceptors (Lipinski definition) is 2. The molecule has 0 heterocycles. The number of rotatable bonds is 6. The number of nitrogens with zero attached hydrogens (tertiary/aromatic N) is 1. The molecule has 2 aromatic carbocycles. The molecule has 2 aromatic rings. The first-order valence-electron chi connectivity index (χ1n) is 7.58. The number of hydrogen-bond donors (Lipinski definition) is 1. The molecule has 3 nitrogen and oxygen atoms in total. The zero-order valence-corrected chi connectivity index (χ0v) is 15.0. The predicted octanol–water partition coefficient (Wildman–Crippen LogP) is 4.61. The van der Waals surface area contributed by atoms with E-state index in [1.807, 2.05) is 48.3 Å². The number of likely N-dealkylation sites (N-methyl/N-ethyl adjacent to an activating group) is 1. The van der Waals surface area contributed by atoms with E-state index < -0.39 is 0 Å². The van der Waals surface area contributed by atoms with Crippen LogP contribution in [0.4, 0.5) is 5.69 Å². The van der Waals surface area contributed by atoms with Crippen LogP contribution < -0.4 is 10.1 Å². The number of para-hydroxylation sites is 1. The average Bonchev–Trinajstić information content (AvgIpc) is 2.57. The Morgan fingerprint density at radius 3 is 2.52 bits per heavy atom. The minimum absolute atomic E-state index is 0.511. The summed E-state index contributed by atoms with van der Waals surface area (Å²) < 4.78 is 5.68. The summed E-state index contributed by atoms with van der Waals surface area (Å²) in [5.41, 5.74) is 2.30. The monoisotopic (exact) mass is 348 g/mol. The maximum absolute atomic E-state index is 6.06. The molecule has 0 atom stereocenters. The van der Waals surface area contributed by atoms with Crippen molar-refractivity contribution in [2.75, 3.05) is 25.5 Å². The molecule has 0 aliphatic rings. The van der Waals surface area contributed by atoms with Gasteiger partial charge < -0.3 is 15.0 Å². The molecule has 23 heavy (non-hydrogen) atoms. The van der Waals surface area contributed by atoms with Gasteiger partial charge in [-0.15, -0.1) is 0 Å². The highest BCUT2D eigenvalue weighted by Crippen LogP contribution is 2.22. The molecule has 0 spiro atoms. The minimum Gasteiger partial charge on any atom is -0.490 e. The molecule has 2 rings (SSSR count). The van der Waals surface area contributed by atoms with Crippen molar-refractivity contribution in [3.05, 3.63) is 59.1 Å². The van der Waals surface area contributed by atoms with Gasteiger partial charge in [-0.25, -0.2) is 0 Å². The third-order valence-corrected chi connectivity index (χ3v) is 4.21. The highest BCUT2D eigenvalue weighted by Gasteiger charge is 2.06. The van der Waals surface area contributed by atoms with Gasteiger partial charge in [0.1, 0.15) is 12.4 Å². The Balaban J connectivity index is 1.79. The van der Waals surface area contributed by atoms with E-state index in [-0.39, 0.29) is 0 Å². The van der Waals surface area contributed by atoms with Gasteiger partial charge in [-0.05, 0) is 48.5 Å². The summed E-state index contributed by atoms with van der Waals surface area (Å²) >= 11 is 11.5. The zero-order chi connectivity index (χ0) is 16.7. The summed E-state index contributed by atoms with van der Waals surface area (Å²) in [6.07, 6.45) is 1.03. The number of benzene rings is 2. The van der Waals surface area contributed by atoms with Crippen LogP contribution in [0.3, 0.4) is 0 Å². The van der Waals surface area contributed by atoms with Gasteiger partial charge in [0.15, 0.2) is 5.11 Å². The van der Waals surface area contributed by atoms with Crippen LogP contribution >= 0.6 is 23.8 Å². The fourth-order valence-corrected chi connectivity index (χ4v) is 2.40. The molecule has 0 unspecified atom stereocenters. The number of aryl methyl sites for hydroxylation is 1. The topological polar surface area (TPSA) is 24.5 Å². The lowest BCUT2D eigenvalue weighted by Gasteiger charge is -2.21. The highest BCUT2D eigenvalue weighted by molar-refractivity contribution is 7.80. The summed E-state index contributed by atoms with van der Waals surface area (Å²) in [5.74, 6) is 0.691. The van der Waals surface area contributed by atoms with Gasteiger partial charge in [-0.2, -0.15) is 0 Å². The number of nitrogens with one attached hydrogen (secondary N) is 1. The molecule has 0 saturated carbocycles. The molecule has 122 valence electrons. The maximum Gasteiger partial charge on any atom is 0.173 e. The van der Waals surface area contributed by atoms with Gasteiger partial charge in [0.05, 0.1) is 11.6 Å². The van der Waals surface area contributed by atoms with Gasteiger partial charge >= 0.3 is 0 Å². The summed E-state index contributed by atoms with van der Waals surface area (Å²) in [4.78, 5) is 1.94. The Bertz CT molecular complexity index is 646. The van der Waals surface area contributed by atoms with E-state index in [4.69, 9.17) is 28.6 Å². The lowest BCUT2D eigenvalue weighted by Crippen LogP contribution is -2.34. The molecule has 0 aliphatic heterocycles. The second kappa shape index (κ2) is 8.75. The van der Waals surface area contributed by atoms with Crippen molar-refractivity contribution in [3.8, 4) is 5.75 Å². The van der Waals surface area contributed by atoms with E-state index >= 15 is 0 Å². The first-order chi connectivity index (χ1) is 11.1. The van der Waals surface area contributed by atoms with Gasteiger partial charge in [0.25, 0.3) is 0 Å². The molecule has 0 aromatic heterocycles. The summed E-state index contributed by atoms with van der Waals surface area (Å²) in [5, 5.41) is 4.51. The zero-order valence-electron chi connectivity index (χ0n) is 13.4. The summed E-state index contributed by atoms with van der Waals surface area (Å²) in [6.45, 7) is 3.32. The first-order valence-corrected chi connectivity index (χ1v) is 8.37. The van der Waals surface area contributed by atoms with Crippen molar-refractivity contribution in [2.45, 2.75) is 13.3 Å². The normalized spacial score (nSPS) is 10.2. The van der Waals surface area contributed by atoms with Crippen molar-refractivity contribution in [3.63, 3.8) is 0 Å². The second-order valence-corrected chi connectivity index (χ2v) is 5.97. The fourth-order valence-electron chi connectivity index (χ4n) is 2.00. The van der Waals surface area contributed by atoms with Crippen LogP contribution in [-0.4, -0.2) is 30.2 Å². The highest BCUT2D eigenvalue weighted by atomic mass is 35.5. The van der Waals surface area contributed by atoms with Gasteiger partial charge in [0.2, 0.25) is 0 Å². The van der Waals surface area contributed by atoms with Crippen LogP contribution in [0.2, 0.25) is 5.02 Å². The first kappa shape index (κ1) is 17.6. The van der Waals surface area contributed by atoms with Crippen LogP contribution in [-0.2, 0) is 6.42 Å². The van der Waals surface area contributed by atoms with E-state index in [0.717, 1.165) is 12.1 Å². The molecule has 0 amide bonds. The van der Waals surface area contributed by atoms with Crippen molar-refractivity contribution in [1.82, 2.24) is 4.90 Å². The van der Waals surface area contributed by atoms with E-state index in [0.29, 0.717) is 29.0 Å². The van der Waals surface area contributed by atoms with Gasteiger partial charge in [-0.1, -0.05) is 42.8 Å². The van der Waals surface area contributed by atoms with Crippen molar-refractivity contribution < 1.29 is 4.74 Å². The molecular weight excluding hydrogens is 328 g/mol. The Labute approximate surface area is 148 Å². The molecule has 0 radical (unpaired) electrons. The van der Waals surface area contributed by atoms with Crippen LogP contribution in [0.5, 0.6) is 5.75 Å². The average molecular weight is 349 g/mol. The molecule has 1 N–H and O–H groups in total. The molecule has 0 saturated heterocycles. The number of halogens is 1. The summed E-state index contributed by atoms with van der Waals surface area (Å²) in [6, 6.07) is 15.7. The van der Waals surface area contributed by atoms with E-state index in [1.54, 1.807) is 0 Å². The van der Waals surface area contributed by atoms with Crippen molar-refractivity contribution in [1.29, 1.82) is 0 Å². The maximum atomic E-state index is 6.06. The molecule has 0 fully saturated rings. The van der Waals surface area contributed by atoms with E-state index in [9.17, 15) is 0 Å². The largest absolute Gasteiger partial charge is 0.490 e. The molecule has 0 bridgehead atoms. The van der Waals surface area contributed by atoms with Crippen LogP contribution in [0, 0.1) is 0 Å². The lowest BCUT2D eigenvalue weighted by molar-refractivity contribution is 0.285. The fraction of sp³-hybridized carbons (Fsp3) is 0.278. The molecular formula is C18H21ClN2OS. The third-order valence-electron chi connectivity index (χ3n) is 3.48.